The topological polar surface area (TPSA) is 53.1 Å². The minimum Gasteiger partial charge on any atom is -0.440 e. The van der Waals surface area contributed by atoms with Gasteiger partial charge in [-0.2, -0.15) is 27.1 Å². The van der Waals surface area contributed by atoms with Crippen molar-refractivity contribution in [3.8, 4) is 45.1 Å². The van der Waals surface area contributed by atoms with Gasteiger partial charge in [-0.25, -0.2) is 9.67 Å². The predicted molar refractivity (Wildman–Crippen MR) is 140 cm³/mol. The number of aromatic nitrogens is 3. The summed E-state index contributed by atoms with van der Waals surface area (Å²) in [4.78, 5) is 4.51. The highest BCUT2D eigenvalue weighted by atomic mass is 19.4. The average molecular weight is 554 g/mol. The highest BCUT2D eigenvalue weighted by Crippen LogP contribution is 2.40. The number of halogens is 5. The largest absolute Gasteiger partial charge is 0.440 e. The lowest BCUT2D eigenvalue weighted by molar-refractivity contribution is -0.141. The number of hydrogen-bond acceptors (Lipinski definition) is 4. The summed E-state index contributed by atoms with van der Waals surface area (Å²) in [5.41, 5.74) is 3.89. The zero-order chi connectivity index (χ0) is 28.6. The Morgan fingerprint density at radius 1 is 0.900 bits per heavy atom. The average Bonchev–Trinajstić information content (AvgIpc) is 3.51. The highest BCUT2D eigenvalue weighted by molar-refractivity contribution is 5.85. The van der Waals surface area contributed by atoms with Gasteiger partial charge in [0.15, 0.2) is 17.3 Å². The van der Waals surface area contributed by atoms with Gasteiger partial charge < -0.3 is 9.15 Å². The van der Waals surface area contributed by atoms with Crippen molar-refractivity contribution in [1.29, 1.82) is 0 Å². The first-order valence-electron chi connectivity index (χ1n) is 12.4. The summed E-state index contributed by atoms with van der Waals surface area (Å²) >= 11 is 0. The Labute approximate surface area is 226 Å². The molecule has 5 nitrogen and oxygen atoms in total. The molecule has 0 amide bonds. The Kier molecular flexibility index (Phi) is 7.18. The molecule has 5 rings (SSSR count). The van der Waals surface area contributed by atoms with Gasteiger partial charge in [0.05, 0.1) is 5.69 Å². The third-order valence-electron chi connectivity index (χ3n) is 6.40. The number of aryl methyl sites for hydroxylation is 3. The van der Waals surface area contributed by atoms with Gasteiger partial charge in [-0.1, -0.05) is 37.3 Å². The van der Waals surface area contributed by atoms with Crippen LogP contribution in [0.2, 0.25) is 0 Å². The van der Waals surface area contributed by atoms with Crippen molar-refractivity contribution in [3.63, 3.8) is 0 Å². The molecule has 5 aromatic rings. The molecule has 0 aliphatic carbocycles. The molecule has 0 radical (unpaired) electrons. The molecule has 2 aromatic heterocycles. The van der Waals surface area contributed by atoms with Crippen molar-refractivity contribution >= 4 is 0 Å². The normalized spacial score (nSPS) is 11.8. The van der Waals surface area contributed by atoms with E-state index in [9.17, 15) is 22.0 Å². The third kappa shape index (κ3) is 5.47. The van der Waals surface area contributed by atoms with E-state index in [4.69, 9.17) is 4.42 Å². The molecule has 0 spiro atoms. The van der Waals surface area contributed by atoms with E-state index in [0.29, 0.717) is 34.2 Å². The minimum atomic E-state index is -4.62. The molecule has 0 fully saturated rings. The summed E-state index contributed by atoms with van der Waals surface area (Å²) in [6.07, 6.45) is -3.78. The Morgan fingerprint density at radius 3 is 2.25 bits per heavy atom. The van der Waals surface area contributed by atoms with E-state index >= 15 is 0 Å². The first-order chi connectivity index (χ1) is 19.0. The Morgan fingerprint density at radius 2 is 1.60 bits per heavy atom. The summed E-state index contributed by atoms with van der Waals surface area (Å²) in [5.74, 6) is 0.591. The van der Waals surface area contributed by atoms with Crippen LogP contribution in [0, 0.1) is 13.8 Å². The molecule has 0 unspecified atom stereocenters. The van der Waals surface area contributed by atoms with Gasteiger partial charge >= 0.3 is 12.8 Å². The maximum Gasteiger partial charge on any atom is 0.435 e. The fraction of sp³-hybridized carbons (Fsp3) is 0.200. The van der Waals surface area contributed by atoms with Gasteiger partial charge in [0.25, 0.3) is 0 Å². The number of benzene rings is 3. The number of ether oxygens (including phenoxy) is 1. The van der Waals surface area contributed by atoms with Gasteiger partial charge in [-0.15, -0.1) is 0 Å². The number of hydrogen-bond donors (Lipinski definition) is 0. The lowest BCUT2D eigenvalue weighted by atomic mass is 9.97. The predicted octanol–water partition coefficient (Wildman–Crippen LogP) is 8.66. The van der Waals surface area contributed by atoms with E-state index in [1.807, 2.05) is 43.3 Å². The van der Waals surface area contributed by atoms with Crippen LogP contribution < -0.4 is 4.74 Å². The van der Waals surface area contributed by atoms with Crippen LogP contribution in [0.25, 0.3) is 39.4 Å². The fourth-order valence-corrected chi connectivity index (χ4v) is 4.51. The summed E-state index contributed by atoms with van der Waals surface area (Å²) in [6.45, 7) is 2.27. The molecule has 0 bridgehead atoms. The van der Waals surface area contributed by atoms with Crippen LogP contribution in [0.5, 0.6) is 5.75 Å². The fourth-order valence-electron chi connectivity index (χ4n) is 4.51. The lowest BCUT2D eigenvalue weighted by Gasteiger charge is -2.14. The van der Waals surface area contributed by atoms with Gasteiger partial charge in [0, 0.05) is 23.7 Å². The summed E-state index contributed by atoms with van der Waals surface area (Å²) in [5, 5.41) is 3.86. The smallest absolute Gasteiger partial charge is 0.435 e. The van der Waals surface area contributed by atoms with E-state index in [0.717, 1.165) is 29.2 Å². The van der Waals surface area contributed by atoms with Crippen LogP contribution in [-0.2, 0) is 12.6 Å². The van der Waals surface area contributed by atoms with Crippen LogP contribution in [0.15, 0.2) is 77.2 Å². The Bertz CT molecular complexity index is 1650. The van der Waals surface area contributed by atoms with Crippen LogP contribution in [0.3, 0.4) is 0 Å². The molecule has 206 valence electrons. The lowest BCUT2D eigenvalue weighted by Crippen LogP contribution is -2.08. The van der Waals surface area contributed by atoms with Crippen molar-refractivity contribution in [2.75, 3.05) is 0 Å². The summed E-state index contributed by atoms with van der Waals surface area (Å²) in [7, 11) is 0. The van der Waals surface area contributed by atoms with Gasteiger partial charge in [-0.05, 0) is 72.5 Å². The van der Waals surface area contributed by atoms with Crippen LogP contribution in [0.4, 0.5) is 22.0 Å². The summed E-state index contributed by atoms with van der Waals surface area (Å²) in [6, 6.07) is 20.2. The quantitative estimate of drug-likeness (QED) is 0.189. The second-order valence-electron chi connectivity index (χ2n) is 9.18. The molecular formula is C30H24F5N3O2. The first-order valence-corrected chi connectivity index (χ1v) is 12.4. The van der Waals surface area contributed by atoms with Crippen molar-refractivity contribution in [2.24, 2.45) is 0 Å². The standard InChI is InChI=1S/C30H24F5N3O2/c1-4-19-6-5-7-21(15-19)22-10-13-25(38-17(2)14-26(37-38)30(33,34)35)24(16-22)28-27(36-18(3)39-28)20-8-11-23(12-9-20)40-29(31)32/h5-16,29H,4H2,1-3H3. The second kappa shape index (κ2) is 10.6. The molecule has 0 aliphatic heterocycles. The maximum atomic E-state index is 13.5. The number of nitrogens with zero attached hydrogens (tertiary/aromatic N) is 3. The Balaban J connectivity index is 1.71. The van der Waals surface area contributed by atoms with Crippen LogP contribution in [-0.4, -0.2) is 21.4 Å². The molecule has 40 heavy (non-hydrogen) atoms. The van der Waals surface area contributed by atoms with Gasteiger partial charge in [-0.3, -0.25) is 0 Å². The van der Waals surface area contributed by atoms with Gasteiger partial charge in [0.1, 0.15) is 11.4 Å². The molecular weight excluding hydrogens is 529 g/mol. The van der Waals surface area contributed by atoms with E-state index in [-0.39, 0.29) is 11.4 Å². The number of rotatable bonds is 7. The molecule has 0 atom stereocenters. The molecule has 0 N–H and O–H groups in total. The van der Waals surface area contributed by atoms with Crippen LogP contribution >= 0.6 is 0 Å². The zero-order valence-corrected chi connectivity index (χ0v) is 21.8. The minimum absolute atomic E-state index is 0.0224. The molecule has 10 heteroatoms. The van der Waals surface area contributed by atoms with Crippen LogP contribution in [0.1, 0.15) is 29.8 Å². The maximum absolute atomic E-state index is 13.5. The zero-order valence-electron chi connectivity index (χ0n) is 21.8. The second-order valence-corrected chi connectivity index (χ2v) is 9.18. The monoisotopic (exact) mass is 553 g/mol. The third-order valence-corrected chi connectivity index (χ3v) is 6.40. The number of oxazole rings is 1. The van der Waals surface area contributed by atoms with Gasteiger partial charge in [0.2, 0.25) is 0 Å². The van der Waals surface area contributed by atoms with Crippen molar-refractivity contribution in [1.82, 2.24) is 14.8 Å². The van der Waals surface area contributed by atoms with E-state index in [2.05, 4.69) is 14.8 Å². The first kappa shape index (κ1) is 27.1. The molecule has 0 aliphatic rings. The Hall–Kier alpha value is -4.47. The van der Waals surface area contributed by atoms with E-state index in [1.165, 1.54) is 16.8 Å². The van der Waals surface area contributed by atoms with Crippen molar-refractivity contribution in [3.05, 3.63) is 95.6 Å². The molecule has 0 saturated heterocycles. The SMILES string of the molecule is CCc1cccc(-c2ccc(-n3nc(C(F)(F)F)cc3C)c(-c3oc(C)nc3-c3ccc(OC(F)F)cc3)c2)c1. The van der Waals surface area contributed by atoms with E-state index < -0.39 is 18.5 Å². The van der Waals surface area contributed by atoms with E-state index in [1.54, 1.807) is 32.0 Å². The number of alkyl halides is 5. The highest BCUT2D eigenvalue weighted by Gasteiger charge is 2.35. The summed E-state index contributed by atoms with van der Waals surface area (Å²) < 4.78 is 77.5. The molecule has 0 saturated carbocycles. The van der Waals surface area contributed by atoms with Crippen molar-refractivity contribution in [2.45, 2.75) is 40.0 Å². The molecule has 2 heterocycles. The molecule has 3 aromatic carbocycles. The van der Waals surface area contributed by atoms with Crippen molar-refractivity contribution < 1.29 is 31.1 Å².